The molecule has 2 aliphatic rings. The van der Waals surface area contributed by atoms with Crippen LogP contribution in [0.1, 0.15) is 51.9 Å². The minimum atomic E-state index is -0.951. The van der Waals surface area contributed by atoms with E-state index in [-0.39, 0.29) is 6.03 Å². The van der Waals surface area contributed by atoms with Crippen molar-refractivity contribution in [3.05, 3.63) is 0 Å². The van der Waals surface area contributed by atoms with Crippen molar-refractivity contribution < 1.29 is 14.7 Å². The first-order valence-corrected chi connectivity index (χ1v) is 7.43. The summed E-state index contributed by atoms with van der Waals surface area (Å²) in [4.78, 5) is 25.2. The Morgan fingerprint density at radius 2 is 1.95 bits per heavy atom. The Hall–Kier alpha value is -1.26. The third-order valence-corrected chi connectivity index (χ3v) is 4.51. The zero-order chi connectivity index (χ0) is 13.8. The van der Waals surface area contributed by atoms with Gasteiger partial charge in [0.15, 0.2) is 0 Å². The Bertz CT molecular complexity index is 344. The van der Waals surface area contributed by atoms with E-state index in [1.165, 1.54) is 25.7 Å². The molecule has 1 aliphatic carbocycles. The highest BCUT2D eigenvalue weighted by Crippen LogP contribution is 2.35. The van der Waals surface area contributed by atoms with E-state index >= 15 is 0 Å². The van der Waals surface area contributed by atoms with E-state index in [9.17, 15) is 9.59 Å². The normalized spacial score (nSPS) is 28.4. The van der Waals surface area contributed by atoms with Crippen LogP contribution in [0.4, 0.5) is 4.79 Å². The Morgan fingerprint density at radius 1 is 1.26 bits per heavy atom. The van der Waals surface area contributed by atoms with E-state index in [1.807, 2.05) is 4.90 Å². The molecule has 2 amide bonds. The summed E-state index contributed by atoms with van der Waals surface area (Å²) < 4.78 is 0. The molecular weight excluding hydrogens is 244 g/mol. The minimum Gasteiger partial charge on any atom is -0.480 e. The third-order valence-electron chi connectivity index (χ3n) is 4.51. The largest absolute Gasteiger partial charge is 0.480 e. The molecule has 2 fully saturated rings. The fraction of sp³-hybridized carbons (Fsp3) is 0.857. The summed E-state index contributed by atoms with van der Waals surface area (Å²) in [6.07, 6.45) is 7.41. The third kappa shape index (κ3) is 3.19. The number of urea groups is 1. The number of rotatable bonds is 3. The van der Waals surface area contributed by atoms with Crippen molar-refractivity contribution >= 4 is 12.0 Å². The summed E-state index contributed by atoms with van der Waals surface area (Å²) >= 11 is 0. The number of hydrogen-bond acceptors (Lipinski definition) is 2. The molecule has 19 heavy (non-hydrogen) atoms. The molecule has 3 atom stereocenters. The molecule has 2 rings (SSSR count). The molecule has 1 heterocycles. The summed E-state index contributed by atoms with van der Waals surface area (Å²) in [7, 11) is 0. The van der Waals surface area contributed by atoms with Crippen LogP contribution in [-0.2, 0) is 4.79 Å². The van der Waals surface area contributed by atoms with Gasteiger partial charge < -0.3 is 15.3 Å². The van der Waals surface area contributed by atoms with Gasteiger partial charge in [0, 0.05) is 12.6 Å². The summed E-state index contributed by atoms with van der Waals surface area (Å²) in [5.41, 5.74) is 0. The average molecular weight is 268 g/mol. The zero-order valence-corrected chi connectivity index (χ0v) is 11.6. The summed E-state index contributed by atoms with van der Waals surface area (Å²) in [5, 5.41) is 11.7. The number of likely N-dealkylation sites (tertiary alicyclic amines) is 1. The van der Waals surface area contributed by atoms with E-state index in [0.717, 1.165) is 19.4 Å². The second-order valence-electron chi connectivity index (χ2n) is 5.70. The van der Waals surface area contributed by atoms with Gasteiger partial charge in [-0.15, -0.1) is 0 Å². The predicted molar refractivity (Wildman–Crippen MR) is 71.9 cm³/mol. The fourth-order valence-corrected chi connectivity index (χ4v) is 3.45. The fourth-order valence-electron chi connectivity index (χ4n) is 3.45. The van der Waals surface area contributed by atoms with Gasteiger partial charge in [-0.1, -0.05) is 19.8 Å². The molecule has 0 bridgehead atoms. The topological polar surface area (TPSA) is 69.6 Å². The number of piperidine rings is 1. The lowest BCUT2D eigenvalue weighted by molar-refractivity contribution is -0.139. The van der Waals surface area contributed by atoms with Crippen LogP contribution >= 0.6 is 0 Å². The highest BCUT2D eigenvalue weighted by atomic mass is 16.4. The maximum absolute atomic E-state index is 12.3. The maximum Gasteiger partial charge on any atom is 0.326 e. The van der Waals surface area contributed by atoms with Gasteiger partial charge in [-0.05, 0) is 38.0 Å². The van der Waals surface area contributed by atoms with Crippen LogP contribution in [-0.4, -0.2) is 40.6 Å². The monoisotopic (exact) mass is 268 g/mol. The van der Waals surface area contributed by atoms with Gasteiger partial charge in [-0.2, -0.15) is 0 Å². The molecule has 0 aromatic carbocycles. The van der Waals surface area contributed by atoms with Crippen molar-refractivity contribution in [1.29, 1.82) is 0 Å². The van der Waals surface area contributed by atoms with E-state index in [1.54, 1.807) is 6.92 Å². The number of amides is 2. The molecule has 0 spiro atoms. The second kappa shape index (κ2) is 6.26. The lowest BCUT2D eigenvalue weighted by Crippen LogP contribution is -2.55. The number of nitrogens with one attached hydrogen (secondary N) is 1. The smallest absolute Gasteiger partial charge is 0.326 e. The zero-order valence-electron chi connectivity index (χ0n) is 11.6. The van der Waals surface area contributed by atoms with Crippen molar-refractivity contribution in [2.75, 3.05) is 6.54 Å². The van der Waals surface area contributed by atoms with Crippen LogP contribution < -0.4 is 5.32 Å². The van der Waals surface area contributed by atoms with Gasteiger partial charge in [0.1, 0.15) is 6.04 Å². The molecule has 0 radical (unpaired) electrons. The maximum atomic E-state index is 12.3. The Kier molecular flexibility index (Phi) is 4.66. The number of nitrogens with zero attached hydrogens (tertiary/aromatic N) is 1. The molecule has 2 N–H and O–H groups in total. The Labute approximate surface area is 114 Å². The van der Waals surface area contributed by atoms with Crippen LogP contribution in [0.5, 0.6) is 0 Å². The molecule has 5 nitrogen and oxygen atoms in total. The number of carboxylic acids is 1. The van der Waals surface area contributed by atoms with Gasteiger partial charge >= 0.3 is 12.0 Å². The molecule has 5 heteroatoms. The first kappa shape index (κ1) is 14.2. The Morgan fingerprint density at radius 3 is 2.63 bits per heavy atom. The Balaban J connectivity index is 1.98. The molecule has 0 aromatic rings. The second-order valence-corrected chi connectivity index (χ2v) is 5.70. The number of aliphatic carboxylic acids is 1. The van der Waals surface area contributed by atoms with E-state index in [2.05, 4.69) is 5.32 Å². The van der Waals surface area contributed by atoms with Crippen LogP contribution in [0.15, 0.2) is 0 Å². The standard InChI is InChI=1S/C14H24N2O3/c1-2-11(13(17)18)15-14(19)16-9-5-7-10-6-3-4-8-12(10)16/h10-12H,2-9H2,1H3,(H,15,19)(H,17,18)/t10-,11-,12-/m1/s1. The van der Waals surface area contributed by atoms with Crippen molar-refractivity contribution in [2.24, 2.45) is 5.92 Å². The number of carboxylic acid groups (broad SMARTS) is 1. The quantitative estimate of drug-likeness (QED) is 0.824. The summed E-state index contributed by atoms with van der Waals surface area (Å²) in [6.45, 7) is 2.54. The van der Waals surface area contributed by atoms with Crippen molar-refractivity contribution in [3.63, 3.8) is 0 Å². The lowest BCUT2D eigenvalue weighted by Gasteiger charge is -2.44. The van der Waals surface area contributed by atoms with Crippen LogP contribution in [0.2, 0.25) is 0 Å². The molecule has 1 aliphatic heterocycles. The molecule has 0 unspecified atom stereocenters. The molecule has 1 saturated carbocycles. The number of fused-ring (bicyclic) bond motifs is 1. The van der Waals surface area contributed by atoms with Gasteiger partial charge in [0.05, 0.1) is 0 Å². The average Bonchev–Trinajstić information content (AvgIpc) is 2.43. The molecule has 0 aromatic heterocycles. The summed E-state index contributed by atoms with van der Waals surface area (Å²) in [6, 6.07) is -0.629. The molecular formula is C14H24N2O3. The van der Waals surface area contributed by atoms with E-state index in [4.69, 9.17) is 5.11 Å². The van der Waals surface area contributed by atoms with Crippen LogP contribution in [0, 0.1) is 5.92 Å². The van der Waals surface area contributed by atoms with Crippen LogP contribution in [0.3, 0.4) is 0 Å². The molecule has 1 saturated heterocycles. The van der Waals surface area contributed by atoms with E-state index in [0.29, 0.717) is 18.4 Å². The van der Waals surface area contributed by atoms with E-state index < -0.39 is 12.0 Å². The lowest BCUT2D eigenvalue weighted by atomic mass is 9.78. The highest BCUT2D eigenvalue weighted by molar-refractivity contribution is 5.82. The first-order valence-electron chi connectivity index (χ1n) is 7.43. The van der Waals surface area contributed by atoms with Crippen molar-refractivity contribution in [1.82, 2.24) is 10.2 Å². The van der Waals surface area contributed by atoms with Gasteiger partial charge in [0.25, 0.3) is 0 Å². The van der Waals surface area contributed by atoms with Crippen molar-refractivity contribution in [2.45, 2.75) is 64.0 Å². The molecule has 108 valence electrons. The number of carbonyl (C=O) groups excluding carboxylic acids is 1. The summed E-state index contributed by atoms with van der Waals surface area (Å²) in [5.74, 6) is -0.328. The number of hydrogen-bond donors (Lipinski definition) is 2. The van der Waals surface area contributed by atoms with Gasteiger partial charge in [-0.3, -0.25) is 0 Å². The SMILES string of the molecule is CC[C@@H](NC(=O)N1CCC[C@H]2CCCC[C@H]21)C(=O)O. The highest BCUT2D eigenvalue weighted by Gasteiger charge is 2.36. The number of carbonyl (C=O) groups is 2. The minimum absolute atomic E-state index is 0.189. The predicted octanol–water partition coefficient (Wildman–Crippen LogP) is 2.21. The van der Waals surface area contributed by atoms with Crippen LogP contribution in [0.25, 0.3) is 0 Å². The first-order chi connectivity index (χ1) is 9.13. The van der Waals surface area contributed by atoms with Crippen molar-refractivity contribution in [3.8, 4) is 0 Å². The van der Waals surface area contributed by atoms with Gasteiger partial charge in [0.2, 0.25) is 0 Å². The van der Waals surface area contributed by atoms with Gasteiger partial charge in [-0.25, -0.2) is 9.59 Å².